The molecular weight excluding hydrogens is 332 g/mol. The molecule has 1 aromatic heterocycles. The predicted molar refractivity (Wildman–Crippen MR) is 111 cm³/mol. The fraction of sp³-hybridized carbons (Fsp3) is 0.125. The van der Waals surface area contributed by atoms with Crippen LogP contribution in [0.3, 0.4) is 0 Å². The van der Waals surface area contributed by atoms with Crippen molar-refractivity contribution < 1.29 is 5.11 Å². The first-order valence-corrected chi connectivity index (χ1v) is 9.15. The smallest absolute Gasteiger partial charge is 0.116 e. The number of rotatable bonds is 6. The lowest BCUT2D eigenvalue weighted by molar-refractivity contribution is 0.289. The van der Waals surface area contributed by atoms with Crippen LogP contribution in [0, 0.1) is 0 Å². The number of pyridine rings is 1. The number of aliphatic hydroxyl groups is 1. The van der Waals surface area contributed by atoms with Gasteiger partial charge in [-0.05, 0) is 35.4 Å². The molecule has 0 saturated heterocycles. The van der Waals surface area contributed by atoms with Crippen LogP contribution in [0.4, 0.5) is 5.69 Å². The van der Waals surface area contributed by atoms with E-state index in [9.17, 15) is 5.11 Å². The molecule has 27 heavy (non-hydrogen) atoms. The van der Waals surface area contributed by atoms with Crippen LogP contribution in [0.5, 0.6) is 0 Å². The lowest BCUT2D eigenvalue weighted by atomic mass is 10.1. The molecule has 0 fully saturated rings. The van der Waals surface area contributed by atoms with Crippen LogP contribution < -0.4 is 4.90 Å². The minimum absolute atomic E-state index is 0.0213. The van der Waals surface area contributed by atoms with Gasteiger partial charge in [-0.1, -0.05) is 66.7 Å². The quantitative estimate of drug-likeness (QED) is 0.506. The lowest BCUT2D eigenvalue weighted by Crippen LogP contribution is -2.23. The molecule has 134 valence electrons. The van der Waals surface area contributed by atoms with Crippen molar-refractivity contribution in [1.29, 1.82) is 0 Å². The van der Waals surface area contributed by atoms with Gasteiger partial charge in [0.05, 0.1) is 5.52 Å². The highest BCUT2D eigenvalue weighted by Gasteiger charge is 2.08. The van der Waals surface area contributed by atoms with Gasteiger partial charge in [-0.2, -0.15) is 0 Å². The summed E-state index contributed by atoms with van der Waals surface area (Å²) in [6.07, 6.45) is 0.767. The average molecular weight is 354 g/mol. The molecule has 0 atom stereocenters. The Balaban J connectivity index is 1.55. The van der Waals surface area contributed by atoms with Crippen LogP contribution in [-0.4, -0.2) is 16.8 Å². The van der Waals surface area contributed by atoms with E-state index in [0.717, 1.165) is 28.7 Å². The van der Waals surface area contributed by atoms with Gasteiger partial charge >= 0.3 is 0 Å². The first-order valence-electron chi connectivity index (χ1n) is 9.15. The third-order valence-corrected chi connectivity index (χ3v) is 4.70. The molecule has 0 radical (unpaired) electrons. The number of fused-ring (bicyclic) bond motifs is 1. The summed E-state index contributed by atoms with van der Waals surface area (Å²) in [6, 6.07) is 30.9. The van der Waals surface area contributed by atoms with Crippen LogP contribution in [0.2, 0.25) is 0 Å². The van der Waals surface area contributed by atoms with Crippen LogP contribution >= 0.6 is 0 Å². The molecule has 4 rings (SSSR count). The summed E-state index contributed by atoms with van der Waals surface area (Å²) in [4.78, 5) is 6.73. The molecule has 0 spiro atoms. The maximum atomic E-state index is 9.85. The van der Waals surface area contributed by atoms with E-state index < -0.39 is 0 Å². The van der Waals surface area contributed by atoms with Crippen molar-refractivity contribution in [2.24, 2.45) is 0 Å². The van der Waals surface area contributed by atoms with Crippen LogP contribution in [-0.2, 0) is 13.0 Å². The molecule has 0 aliphatic rings. The Labute approximate surface area is 159 Å². The second-order valence-electron chi connectivity index (χ2n) is 6.67. The van der Waals surface area contributed by atoms with Crippen molar-refractivity contribution in [2.75, 3.05) is 11.6 Å². The SMILES string of the molecule is OCN(Cc1ccccc1)c1cccc(Cc2ccc3ccccc3n2)c1. The third-order valence-electron chi connectivity index (χ3n) is 4.70. The summed E-state index contributed by atoms with van der Waals surface area (Å²) in [5.41, 5.74) is 5.44. The zero-order valence-corrected chi connectivity index (χ0v) is 15.1. The molecule has 0 unspecified atom stereocenters. The number of aliphatic hydroxyl groups excluding tert-OH is 1. The summed E-state index contributed by atoms with van der Waals surface area (Å²) >= 11 is 0. The first-order chi connectivity index (χ1) is 13.3. The van der Waals surface area contributed by atoms with E-state index in [1.165, 1.54) is 11.1 Å². The minimum atomic E-state index is -0.0213. The summed E-state index contributed by atoms with van der Waals surface area (Å²) in [6.45, 7) is 0.654. The van der Waals surface area contributed by atoms with Gasteiger partial charge in [0.2, 0.25) is 0 Å². The van der Waals surface area contributed by atoms with Crippen molar-refractivity contribution >= 4 is 16.6 Å². The molecule has 3 nitrogen and oxygen atoms in total. The summed E-state index contributed by atoms with van der Waals surface area (Å²) < 4.78 is 0. The van der Waals surface area contributed by atoms with Crippen molar-refractivity contribution in [3.8, 4) is 0 Å². The highest BCUT2D eigenvalue weighted by molar-refractivity contribution is 5.78. The molecule has 0 bridgehead atoms. The van der Waals surface area contributed by atoms with Crippen molar-refractivity contribution in [3.05, 3.63) is 108 Å². The molecule has 1 N–H and O–H groups in total. The van der Waals surface area contributed by atoms with Gasteiger partial charge in [0.15, 0.2) is 0 Å². The van der Waals surface area contributed by atoms with Crippen LogP contribution in [0.1, 0.15) is 16.8 Å². The molecular formula is C24H22N2O. The Kier molecular flexibility index (Phi) is 5.13. The molecule has 0 aliphatic carbocycles. The molecule has 0 saturated carbocycles. The van der Waals surface area contributed by atoms with Crippen molar-refractivity contribution in [3.63, 3.8) is 0 Å². The minimum Gasteiger partial charge on any atom is -0.376 e. The van der Waals surface area contributed by atoms with Gasteiger partial charge in [-0.25, -0.2) is 0 Å². The second-order valence-corrected chi connectivity index (χ2v) is 6.67. The molecule has 1 heterocycles. The molecule has 0 amide bonds. The van der Waals surface area contributed by atoms with Gasteiger partial charge < -0.3 is 10.0 Å². The number of hydrogen-bond acceptors (Lipinski definition) is 3. The second kappa shape index (κ2) is 8.02. The lowest BCUT2D eigenvalue weighted by Gasteiger charge is -2.23. The van der Waals surface area contributed by atoms with Gasteiger partial charge in [0.25, 0.3) is 0 Å². The topological polar surface area (TPSA) is 36.4 Å². The number of nitrogens with zero attached hydrogens (tertiary/aromatic N) is 2. The predicted octanol–water partition coefficient (Wildman–Crippen LogP) is 4.78. The van der Waals surface area contributed by atoms with E-state index in [1.807, 2.05) is 53.4 Å². The molecule has 3 aromatic carbocycles. The number of aromatic nitrogens is 1. The molecule has 0 aliphatic heterocycles. The van der Waals surface area contributed by atoms with E-state index in [0.29, 0.717) is 6.54 Å². The fourth-order valence-electron chi connectivity index (χ4n) is 3.31. The van der Waals surface area contributed by atoms with Gasteiger partial charge in [0, 0.05) is 29.7 Å². The van der Waals surface area contributed by atoms with E-state index in [2.05, 4.69) is 42.5 Å². The Bertz CT molecular complexity index is 1030. The summed E-state index contributed by atoms with van der Waals surface area (Å²) in [5.74, 6) is 0. The van der Waals surface area contributed by atoms with Crippen LogP contribution in [0.15, 0.2) is 91.0 Å². The van der Waals surface area contributed by atoms with Crippen molar-refractivity contribution in [2.45, 2.75) is 13.0 Å². The fourth-order valence-corrected chi connectivity index (χ4v) is 3.31. The Morgan fingerprint density at radius 3 is 2.37 bits per heavy atom. The maximum Gasteiger partial charge on any atom is 0.116 e. The summed E-state index contributed by atoms with van der Waals surface area (Å²) in [7, 11) is 0. The van der Waals surface area contributed by atoms with E-state index >= 15 is 0 Å². The maximum absolute atomic E-state index is 9.85. The zero-order chi connectivity index (χ0) is 18.5. The van der Waals surface area contributed by atoms with Gasteiger partial charge in [-0.15, -0.1) is 0 Å². The number of hydrogen-bond donors (Lipinski definition) is 1. The van der Waals surface area contributed by atoms with Gasteiger partial charge in [-0.3, -0.25) is 4.98 Å². The number of anilines is 1. The Morgan fingerprint density at radius 1 is 0.741 bits per heavy atom. The normalized spacial score (nSPS) is 10.9. The molecule has 3 heteroatoms. The number of benzene rings is 3. The van der Waals surface area contributed by atoms with E-state index in [4.69, 9.17) is 4.98 Å². The third kappa shape index (κ3) is 4.15. The van der Waals surface area contributed by atoms with E-state index in [1.54, 1.807) is 0 Å². The van der Waals surface area contributed by atoms with Gasteiger partial charge in [0.1, 0.15) is 6.73 Å². The first kappa shape index (κ1) is 17.3. The standard InChI is InChI=1S/C24H22N2O/c27-18-26(17-19-7-2-1-3-8-19)23-11-6-9-20(16-23)15-22-14-13-21-10-4-5-12-24(21)25-22/h1-14,16,27H,15,17-18H2. The van der Waals surface area contributed by atoms with E-state index in [-0.39, 0.29) is 6.73 Å². The molecule has 4 aromatic rings. The highest BCUT2D eigenvalue weighted by atomic mass is 16.3. The Morgan fingerprint density at radius 2 is 1.52 bits per heavy atom. The highest BCUT2D eigenvalue weighted by Crippen LogP contribution is 2.21. The van der Waals surface area contributed by atoms with Crippen LogP contribution in [0.25, 0.3) is 10.9 Å². The average Bonchev–Trinajstić information content (AvgIpc) is 2.73. The Hall–Kier alpha value is -3.17. The zero-order valence-electron chi connectivity index (χ0n) is 15.1. The number of para-hydroxylation sites is 1. The summed E-state index contributed by atoms with van der Waals surface area (Å²) in [5, 5.41) is 11.0. The largest absolute Gasteiger partial charge is 0.376 e. The van der Waals surface area contributed by atoms with Crippen molar-refractivity contribution in [1.82, 2.24) is 4.98 Å². The monoisotopic (exact) mass is 354 g/mol.